The average molecular weight is 419 g/mol. The molecule has 4 rings (SSSR count). The smallest absolute Gasteiger partial charge is 0.276 e. The summed E-state index contributed by atoms with van der Waals surface area (Å²) in [5.74, 6) is -0.147. The average Bonchev–Trinajstić information content (AvgIpc) is 3.15. The Morgan fingerprint density at radius 1 is 0.968 bits per heavy atom. The molecule has 1 aliphatic rings. The normalized spacial score (nSPS) is 14.2. The van der Waals surface area contributed by atoms with Crippen LogP contribution in [0.4, 0.5) is 11.5 Å². The molecule has 3 aromatic rings. The molecule has 31 heavy (non-hydrogen) atoms. The van der Waals surface area contributed by atoms with Crippen LogP contribution < -0.4 is 10.6 Å². The van der Waals surface area contributed by atoms with Gasteiger partial charge >= 0.3 is 0 Å². The van der Waals surface area contributed by atoms with Gasteiger partial charge in [-0.2, -0.15) is 5.10 Å². The van der Waals surface area contributed by atoms with Crippen LogP contribution in [0.5, 0.6) is 0 Å². The number of hydrogen-bond donors (Lipinski definition) is 2. The molecule has 8 nitrogen and oxygen atoms in total. The van der Waals surface area contributed by atoms with E-state index in [4.69, 9.17) is 4.74 Å². The van der Waals surface area contributed by atoms with Crippen molar-refractivity contribution in [2.75, 3.05) is 36.9 Å². The summed E-state index contributed by atoms with van der Waals surface area (Å²) < 4.78 is 6.87. The standard InChI is InChI=1S/C23H25N5O3/c1-27-21(25-22(29)18-7-3-2-4-8-18)15-20(26-27)23(30)24-19-9-5-6-17(14-19)16-28-10-12-31-13-11-28/h2-9,14-15H,10-13,16H2,1H3,(H,24,30)(H,25,29). The zero-order chi connectivity index (χ0) is 21.6. The van der Waals surface area contributed by atoms with Gasteiger partial charge in [-0.05, 0) is 29.8 Å². The van der Waals surface area contributed by atoms with Gasteiger partial charge in [0.05, 0.1) is 13.2 Å². The lowest BCUT2D eigenvalue weighted by molar-refractivity contribution is 0.0342. The van der Waals surface area contributed by atoms with Gasteiger partial charge in [-0.1, -0.05) is 30.3 Å². The third-order valence-corrected chi connectivity index (χ3v) is 5.08. The molecule has 0 unspecified atom stereocenters. The molecule has 1 fully saturated rings. The zero-order valence-electron chi connectivity index (χ0n) is 17.4. The number of ether oxygens (including phenoxy) is 1. The molecule has 1 aromatic heterocycles. The van der Waals surface area contributed by atoms with E-state index < -0.39 is 0 Å². The lowest BCUT2D eigenvalue weighted by atomic mass is 10.1. The van der Waals surface area contributed by atoms with Crippen LogP contribution in [0.25, 0.3) is 0 Å². The van der Waals surface area contributed by atoms with Gasteiger partial charge in [-0.15, -0.1) is 0 Å². The molecule has 0 saturated carbocycles. The van der Waals surface area contributed by atoms with E-state index in [9.17, 15) is 9.59 Å². The van der Waals surface area contributed by atoms with Crippen molar-refractivity contribution in [3.05, 3.63) is 77.5 Å². The van der Waals surface area contributed by atoms with E-state index in [1.807, 2.05) is 30.3 Å². The maximum atomic E-state index is 12.7. The van der Waals surface area contributed by atoms with E-state index in [1.165, 1.54) is 4.68 Å². The first kappa shape index (κ1) is 20.8. The first-order valence-corrected chi connectivity index (χ1v) is 10.2. The number of carbonyl (C=O) groups excluding carboxylic acids is 2. The summed E-state index contributed by atoms with van der Waals surface area (Å²) in [6.45, 7) is 4.12. The number of morpholine rings is 1. The molecule has 0 aliphatic carbocycles. The van der Waals surface area contributed by atoms with Gasteiger partial charge in [-0.25, -0.2) is 0 Å². The lowest BCUT2D eigenvalue weighted by Gasteiger charge is -2.26. The Morgan fingerprint density at radius 2 is 1.74 bits per heavy atom. The molecule has 160 valence electrons. The van der Waals surface area contributed by atoms with Gasteiger partial charge in [0, 0.05) is 44.0 Å². The van der Waals surface area contributed by atoms with Crippen molar-refractivity contribution in [1.82, 2.24) is 14.7 Å². The van der Waals surface area contributed by atoms with Crippen LogP contribution in [0.2, 0.25) is 0 Å². The van der Waals surface area contributed by atoms with E-state index >= 15 is 0 Å². The van der Waals surface area contributed by atoms with Crippen LogP contribution in [0, 0.1) is 0 Å². The van der Waals surface area contributed by atoms with Crippen molar-refractivity contribution in [1.29, 1.82) is 0 Å². The molecule has 2 aromatic carbocycles. The molecule has 2 amide bonds. The minimum absolute atomic E-state index is 0.226. The van der Waals surface area contributed by atoms with E-state index in [1.54, 1.807) is 37.4 Å². The van der Waals surface area contributed by atoms with Crippen LogP contribution in [0.1, 0.15) is 26.4 Å². The molecule has 0 atom stereocenters. The molecule has 0 radical (unpaired) electrons. The second kappa shape index (κ2) is 9.55. The van der Waals surface area contributed by atoms with Gasteiger partial charge in [0.1, 0.15) is 5.82 Å². The van der Waals surface area contributed by atoms with Crippen molar-refractivity contribution in [3.8, 4) is 0 Å². The number of anilines is 2. The van der Waals surface area contributed by atoms with Crippen LogP contribution >= 0.6 is 0 Å². The fraction of sp³-hybridized carbons (Fsp3) is 0.261. The summed E-state index contributed by atoms with van der Waals surface area (Å²) >= 11 is 0. The van der Waals surface area contributed by atoms with Gasteiger partial charge in [0.2, 0.25) is 0 Å². The maximum absolute atomic E-state index is 12.7. The Hall–Kier alpha value is -3.49. The van der Waals surface area contributed by atoms with Crippen LogP contribution in [-0.4, -0.2) is 52.8 Å². The third-order valence-electron chi connectivity index (χ3n) is 5.08. The van der Waals surface area contributed by atoms with Gasteiger partial charge < -0.3 is 15.4 Å². The Labute approximate surface area is 180 Å². The topological polar surface area (TPSA) is 88.5 Å². The Balaban J connectivity index is 1.40. The van der Waals surface area contributed by atoms with E-state index in [0.29, 0.717) is 17.1 Å². The first-order chi connectivity index (χ1) is 15.1. The predicted octanol–water partition coefficient (Wildman–Crippen LogP) is 2.76. The Morgan fingerprint density at radius 3 is 2.52 bits per heavy atom. The number of amides is 2. The predicted molar refractivity (Wildman–Crippen MR) is 118 cm³/mol. The number of aryl methyl sites for hydroxylation is 1. The second-order valence-electron chi connectivity index (χ2n) is 7.40. The maximum Gasteiger partial charge on any atom is 0.276 e. The van der Waals surface area contributed by atoms with Gasteiger partial charge in [0.25, 0.3) is 11.8 Å². The number of nitrogens with zero attached hydrogens (tertiary/aromatic N) is 3. The molecular weight excluding hydrogens is 394 g/mol. The second-order valence-corrected chi connectivity index (χ2v) is 7.40. The van der Waals surface area contributed by atoms with E-state index in [0.717, 1.165) is 38.4 Å². The van der Waals surface area contributed by atoms with Crippen molar-refractivity contribution in [2.45, 2.75) is 6.54 Å². The molecule has 2 heterocycles. The van der Waals surface area contributed by atoms with Gasteiger partial charge in [0.15, 0.2) is 5.69 Å². The minimum Gasteiger partial charge on any atom is -0.379 e. The number of nitrogens with one attached hydrogen (secondary N) is 2. The van der Waals surface area contributed by atoms with Crippen LogP contribution in [-0.2, 0) is 18.3 Å². The SMILES string of the molecule is Cn1nc(C(=O)Nc2cccc(CN3CCOCC3)c2)cc1NC(=O)c1ccccc1. The summed E-state index contributed by atoms with van der Waals surface area (Å²) in [6, 6.07) is 18.2. The summed E-state index contributed by atoms with van der Waals surface area (Å²) in [5.41, 5.74) is 2.59. The molecule has 2 N–H and O–H groups in total. The number of hydrogen-bond acceptors (Lipinski definition) is 5. The van der Waals surface area contributed by atoms with E-state index in [2.05, 4.69) is 20.6 Å². The fourth-order valence-electron chi connectivity index (χ4n) is 3.43. The van der Waals surface area contributed by atoms with Crippen molar-refractivity contribution < 1.29 is 14.3 Å². The minimum atomic E-state index is -0.334. The zero-order valence-corrected chi connectivity index (χ0v) is 17.4. The highest BCUT2D eigenvalue weighted by Gasteiger charge is 2.16. The molecule has 1 aliphatic heterocycles. The quantitative estimate of drug-likeness (QED) is 0.641. The highest BCUT2D eigenvalue weighted by Crippen LogP contribution is 2.16. The number of aromatic nitrogens is 2. The van der Waals surface area contributed by atoms with Crippen molar-refractivity contribution in [3.63, 3.8) is 0 Å². The van der Waals surface area contributed by atoms with Crippen molar-refractivity contribution in [2.24, 2.45) is 7.05 Å². The number of rotatable bonds is 6. The highest BCUT2D eigenvalue weighted by molar-refractivity contribution is 6.06. The monoisotopic (exact) mass is 419 g/mol. The van der Waals surface area contributed by atoms with Gasteiger partial charge in [-0.3, -0.25) is 19.2 Å². The third kappa shape index (κ3) is 5.36. The Bertz CT molecular complexity index is 1060. The molecular formula is C23H25N5O3. The highest BCUT2D eigenvalue weighted by atomic mass is 16.5. The summed E-state index contributed by atoms with van der Waals surface area (Å²) in [5, 5.41) is 9.91. The van der Waals surface area contributed by atoms with Crippen LogP contribution in [0.15, 0.2) is 60.7 Å². The largest absolute Gasteiger partial charge is 0.379 e. The lowest BCUT2D eigenvalue weighted by Crippen LogP contribution is -2.35. The molecule has 0 bridgehead atoms. The number of benzene rings is 2. The summed E-state index contributed by atoms with van der Waals surface area (Å²) in [6.07, 6.45) is 0. The molecule has 8 heteroatoms. The summed E-state index contributed by atoms with van der Waals surface area (Å²) in [7, 11) is 1.68. The molecule has 1 saturated heterocycles. The van der Waals surface area contributed by atoms with Crippen LogP contribution in [0.3, 0.4) is 0 Å². The summed E-state index contributed by atoms with van der Waals surface area (Å²) in [4.78, 5) is 27.4. The number of carbonyl (C=O) groups is 2. The Kier molecular flexibility index (Phi) is 6.40. The van der Waals surface area contributed by atoms with E-state index in [-0.39, 0.29) is 17.5 Å². The van der Waals surface area contributed by atoms with Crippen molar-refractivity contribution >= 4 is 23.3 Å². The molecule has 0 spiro atoms. The first-order valence-electron chi connectivity index (χ1n) is 10.2. The fourth-order valence-corrected chi connectivity index (χ4v) is 3.43.